The molecule has 0 aliphatic rings. The van der Waals surface area contributed by atoms with Gasteiger partial charge in [0.25, 0.3) is 10.0 Å². The van der Waals surface area contributed by atoms with Crippen LogP contribution in [0, 0.1) is 0 Å². The summed E-state index contributed by atoms with van der Waals surface area (Å²) >= 11 is 0. The molecule has 1 atom stereocenters. The van der Waals surface area contributed by atoms with E-state index in [9.17, 15) is 18.0 Å². The maximum atomic E-state index is 12.2. The van der Waals surface area contributed by atoms with Gasteiger partial charge < -0.3 is 9.73 Å². The Hall–Kier alpha value is -2.65. The molecule has 2 aromatic rings. The fourth-order valence-corrected chi connectivity index (χ4v) is 2.94. The third-order valence-corrected chi connectivity index (χ3v) is 5.14. The summed E-state index contributed by atoms with van der Waals surface area (Å²) in [5.41, 5.74) is 2.90. The van der Waals surface area contributed by atoms with Crippen molar-refractivity contribution in [1.29, 1.82) is 0 Å². The number of nitrogens with one attached hydrogen (secondary N) is 3. The van der Waals surface area contributed by atoms with E-state index in [-0.39, 0.29) is 11.4 Å². The van der Waals surface area contributed by atoms with Crippen LogP contribution in [0.4, 0.5) is 0 Å². The van der Waals surface area contributed by atoms with Gasteiger partial charge in [0.05, 0.1) is 17.7 Å². The second-order valence-electron chi connectivity index (χ2n) is 5.70. The van der Waals surface area contributed by atoms with Crippen LogP contribution in [0.2, 0.25) is 0 Å². The van der Waals surface area contributed by atoms with E-state index in [0.29, 0.717) is 11.7 Å². The lowest BCUT2D eigenvalue weighted by Gasteiger charge is -2.11. The molecule has 0 aliphatic carbocycles. The molecule has 0 unspecified atom stereocenters. The summed E-state index contributed by atoms with van der Waals surface area (Å²) in [6.45, 7) is 4.11. The maximum Gasteiger partial charge on any atom is 0.324 e. The molecule has 1 heterocycles. The number of carbonyl (C=O) groups excluding carboxylic acids is 2. The number of sulfonamides is 1. The molecule has 0 fully saturated rings. The molecular weight excluding hydrogens is 358 g/mol. The summed E-state index contributed by atoms with van der Waals surface area (Å²) in [6.07, 6.45) is 2.37. The quantitative estimate of drug-likeness (QED) is 0.497. The van der Waals surface area contributed by atoms with Gasteiger partial charge >= 0.3 is 11.8 Å². The Morgan fingerprint density at radius 2 is 1.81 bits per heavy atom. The molecule has 1 aromatic carbocycles. The van der Waals surface area contributed by atoms with Gasteiger partial charge in [0.1, 0.15) is 5.76 Å². The van der Waals surface area contributed by atoms with E-state index in [0.717, 1.165) is 12.0 Å². The topological polar surface area (TPSA) is 118 Å². The molecule has 26 heavy (non-hydrogen) atoms. The van der Waals surface area contributed by atoms with Gasteiger partial charge in [0, 0.05) is 0 Å². The zero-order valence-corrected chi connectivity index (χ0v) is 15.3. The minimum atomic E-state index is -3.98. The van der Waals surface area contributed by atoms with Crippen LogP contribution in [0.25, 0.3) is 0 Å². The molecule has 0 aliphatic heterocycles. The average molecular weight is 379 g/mol. The molecule has 0 radical (unpaired) electrons. The Bertz CT molecular complexity index is 845. The number of furan rings is 1. The predicted octanol–water partition coefficient (Wildman–Crippen LogP) is 1.42. The fraction of sp³-hybridized carbons (Fsp3) is 0.294. The number of hydrazine groups is 1. The van der Waals surface area contributed by atoms with Crippen LogP contribution in [-0.4, -0.2) is 20.2 Å². The first-order valence-corrected chi connectivity index (χ1v) is 9.54. The molecule has 8 nitrogen and oxygen atoms in total. The molecule has 2 rings (SSSR count). The molecule has 9 heteroatoms. The summed E-state index contributed by atoms with van der Waals surface area (Å²) in [6, 6.07) is 9.62. The summed E-state index contributed by atoms with van der Waals surface area (Å²) in [4.78, 5) is 25.2. The Morgan fingerprint density at radius 1 is 1.12 bits per heavy atom. The molecule has 140 valence electrons. The number of amides is 2. The van der Waals surface area contributed by atoms with Gasteiger partial charge in [0.2, 0.25) is 0 Å². The van der Waals surface area contributed by atoms with E-state index in [1.807, 2.05) is 24.1 Å². The van der Waals surface area contributed by atoms with Gasteiger partial charge in [-0.25, -0.2) is 8.42 Å². The summed E-state index contributed by atoms with van der Waals surface area (Å²) in [5, 5.41) is 2.31. The normalized spacial score (nSPS) is 12.4. The van der Waals surface area contributed by atoms with Gasteiger partial charge in [-0.15, -0.1) is 4.83 Å². The first-order chi connectivity index (χ1) is 12.3. The van der Waals surface area contributed by atoms with Crippen LogP contribution in [0.3, 0.4) is 0 Å². The maximum absolute atomic E-state index is 12.2. The summed E-state index contributed by atoms with van der Waals surface area (Å²) < 4.78 is 29.4. The van der Waals surface area contributed by atoms with Gasteiger partial charge in [-0.2, -0.15) is 0 Å². The van der Waals surface area contributed by atoms with Gasteiger partial charge in [-0.1, -0.05) is 26.0 Å². The van der Waals surface area contributed by atoms with Crippen LogP contribution < -0.4 is 15.6 Å². The minimum absolute atomic E-state index is 0.0131. The first kappa shape index (κ1) is 19.7. The Kier molecular flexibility index (Phi) is 6.53. The predicted molar refractivity (Wildman–Crippen MR) is 94.2 cm³/mol. The van der Waals surface area contributed by atoms with E-state index in [2.05, 4.69) is 5.32 Å². The molecular formula is C17H21N3O5S. The van der Waals surface area contributed by atoms with E-state index in [1.54, 1.807) is 24.3 Å². The van der Waals surface area contributed by atoms with Crippen LogP contribution in [0.1, 0.15) is 37.5 Å². The first-order valence-electron chi connectivity index (χ1n) is 8.05. The van der Waals surface area contributed by atoms with Crippen LogP contribution in [0.15, 0.2) is 52.0 Å². The molecule has 2 amide bonds. The van der Waals surface area contributed by atoms with E-state index in [1.165, 1.54) is 18.4 Å². The van der Waals surface area contributed by atoms with Crippen molar-refractivity contribution in [2.45, 2.75) is 37.6 Å². The third-order valence-electron chi connectivity index (χ3n) is 3.88. The third kappa shape index (κ3) is 5.17. The Labute approximate surface area is 152 Å². The second-order valence-corrected chi connectivity index (χ2v) is 7.38. The average Bonchev–Trinajstić information content (AvgIpc) is 3.17. The van der Waals surface area contributed by atoms with Gasteiger partial charge in [0.15, 0.2) is 0 Å². The lowest BCUT2D eigenvalue weighted by Crippen LogP contribution is -2.48. The highest BCUT2D eigenvalue weighted by atomic mass is 32.2. The highest BCUT2D eigenvalue weighted by molar-refractivity contribution is 7.89. The van der Waals surface area contributed by atoms with Crippen LogP contribution >= 0.6 is 0 Å². The van der Waals surface area contributed by atoms with Gasteiger partial charge in [-0.3, -0.25) is 15.0 Å². The van der Waals surface area contributed by atoms with Gasteiger partial charge in [-0.05, 0) is 42.2 Å². The van der Waals surface area contributed by atoms with E-state index >= 15 is 0 Å². The van der Waals surface area contributed by atoms with Crippen molar-refractivity contribution in [3.05, 3.63) is 54.0 Å². The standard InChI is InChI=1S/C17H21N3O5S/c1-3-12(2)13-6-8-15(9-7-13)26(23,24)20-19-17(22)16(21)18-11-14-5-4-10-25-14/h4-10,12,20H,3,11H2,1-2H3,(H,18,21)(H,19,22)/t12-/m0/s1. The second kappa shape index (κ2) is 8.63. The lowest BCUT2D eigenvalue weighted by atomic mass is 9.99. The fourth-order valence-electron chi connectivity index (χ4n) is 2.10. The van der Waals surface area contributed by atoms with Crippen molar-refractivity contribution in [3.63, 3.8) is 0 Å². The van der Waals surface area contributed by atoms with Crippen molar-refractivity contribution in [1.82, 2.24) is 15.6 Å². The molecule has 0 bridgehead atoms. The zero-order chi connectivity index (χ0) is 19.2. The molecule has 1 aromatic heterocycles. The molecule has 0 saturated heterocycles. The largest absolute Gasteiger partial charge is 0.467 e. The highest BCUT2D eigenvalue weighted by Crippen LogP contribution is 2.20. The zero-order valence-electron chi connectivity index (χ0n) is 14.5. The van der Waals surface area contributed by atoms with Crippen molar-refractivity contribution < 1.29 is 22.4 Å². The number of hydrogen-bond acceptors (Lipinski definition) is 5. The van der Waals surface area contributed by atoms with Crippen LogP contribution in [0.5, 0.6) is 0 Å². The number of rotatable bonds is 7. The molecule has 0 saturated carbocycles. The monoisotopic (exact) mass is 379 g/mol. The number of carbonyl (C=O) groups is 2. The highest BCUT2D eigenvalue weighted by Gasteiger charge is 2.19. The molecule has 0 spiro atoms. The smallest absolute Gasteiger partial charge is 0.324 e. The number of benzene rings is 1. The molecule has 3 N–H and O–H groups in total. The summed E-state index contributed by atoms with van der Waals surface area (Å²) in [7, 11) is -3.98. The van der Waals surface area contributed by atoms with E-state index in [4.69, 9.17) is 4.42 Å². The van der Waals surface area contributed by atoms with Crippen molar-refractivity contribution in [3.8, 4) is 0 Å². The Balaban J connectivity index is 1.90. The van der Waals surface area contributed by atoms with Crippen molar-refractivity contribution >= 4 is 21.8 Å². The minimum Gasteiger partial charge on any atom is -0.467 e. The summed E-state index contributed by atoms with van der Waals surface area (Å²) in [5.74, 6) is -1.34. The van der Waals surface area contributed by atoms with E-state index < -0.39 is 21.8 Å². The lowest BCUT2D eigenvalue weighted by molar-refractivity contribution is -0.139. The number of hydrogen-bond donors (Lipinski definition) is 3. The van der Waals surface area contributed by atoms with Crippen molar-refractivity contribution in [2.75, 3.05) is 0 Å². The van der Waals surface area contributed by atoms with Crippen molar-refractivity contribution in [2.24, 2.45) is 0 Å². The Morgan fingerprint density at radius 3 is 2.38 bits per heavy atom. The van der Waals surface area contributed by atoms with Crippen LogP contribution in [-0.2, 0) is 26.2 Å². The SMILES string of the molecule is CC[C@H](C)c1ccc(S(=O)(=O)NNC(=O)C(=O)NCc2ccco2)cc1.